The normalized spacial score (nSPS) is 10.2. The first-order chi connectivity index (χ1) is 8.81. The second-order valence-electron chi connectivity index (χ2n) is 3.84. The fourth-order valence-electron chi connectivity index (χ4n) is 1.61. The molecule has 0 spiro atoms. The molecule has 0 saturated carbocycles. The van der Waals surface area contributed by atoms with Crippen molar-refractivity contribution in [2.75, 3.05) is 7.11 Å². The van der Waals surface area contributed by atoms with Crippen LogP contribution < -0.4 is 4.74 Å². The molecule has 0 amide bonds. The third-order valence-electron chi connectivity index (χ3n) is 2.60. The minimum atomic E-state index is 0.675. The Balaban J connectivity index is 2.16. The maximum absolute atomic E-state index is 8.71. The Bertz CT molecular complexity index is 591. The van der Waals surface area contributed by atoms with Gasteiger partial charge < -0.3 is 4.74 Å². The lowest BCUT2D eigenvalue weighted by molar-refractivity contribution is 0.414. The molecule has 0 N–H and O–H groups in total. The van der Waals surface area contributed by atoms with E-state index >= 15 is 0 Å². The van der Waals surface area contributed by atoms with Gasteiger partial charge in [-0.2, -0.15) is 5.26 Å². The number of ether oxygens (including phenoxy) is 1. The highest BCUT2D eigenvalue weighted by atomic mass is 16.5. The first-order valence-corrected chi connectivity index (χ1v) is 5.64. The molecule has 0 bridgehead atoms. The predicted molar refractivity (Wildman–Crippen MR) is 73.1 cm³/mol. The van der Waals surface area contributed by atoms with Gasteiger partial charge in [0.25, 0.3) is 0 Å². The number of rotatable bonds is 3. The van der Waals surface area contributed by atoms with Gasteiger partial charge in [-0.3, -0.25) is 0 Å². The van der Waals surface area contributed by atoms with Crippen molar-refractivity contribution in [2.24, 2.45) is 0 Å². The van der Waals surface area contributed by atoms with Gasteiger partial charge in [0.15, 0.2) is 0 Å². The van der Waals surface area contributed by atoms with Crippen molar-refractivity contribution in [1.29, 1.82) is 5.26 Å². The summed E-state index contributed by atoms with van der Waals surface area (Å²) in [6.07, 6.45) is 4.03. The number of nitrogens with zero attached hydrogens (tertiary/aromatic N) is 1. The number of hydrogen-bond acceptors (Lipinski definition) is 2. The van der Waals surface area contributed by atoms with Gasteiger partial charge in [-0.05, 0) is 35.4 Å². The topological polar surface area (TPSA) is 33.0 Å². The molecular formula is C16H13NO. The molecule has 0 aliphatic rings. The summed E-state index contributed by atoms with van der Waals surface area (Å²) >= 11 is 0. The van der Waals surface area contributed by atoms with Crippen LogP contribution in [0, 0.1) is 11.3 Å². The predicted octanol–water partition coefficient (Wildman–Crippen LogP) is 3.74. The standard InChI is InChI=1S/C16H13NO/c1-18-16-4-2-3-14(11-16)8-5-13-6-9-15(12-17)10-7-13/h2-11H,1H3/b8-5+. The average Bonchev–Trinajstić information content (AvgIpc) is 2.46. The second kappa shape index (κ2) is 5.70. The van der Waals surface area contributed by atoms with Gasteiger partial charge in [0, 0.05) is 0 Å². The zero-order chi connectivity index (χ0) is 12.8. The van der Waals surface area contributed by atoms with Crippen LogP contribution in [0.3, 0.4) is 0 Å². The quantitative estimate of drug-likeness (QED) is 0.759. The summed E-state index contributed by atoms with van der Waals surface area (Å²) in [6, 6.07) is 17.4. The number of hydrogen-bond donors (Lipinski definition) is 0. The van der Waals surface area contributed by atoms with E-state index in [0.29, 0.717) is 5.56 Å². The number of benzene rings is 2. The van der Waals surface area contributed by atoms with E-state index in [0.717, 1.165) is 16.9 Å². The summed E-state index contributed by atoms with van der Waals surface area (Å²) in [5.74, 6) is 0.844. The monoisotopic (exact) mass is 235 g/mol. The first-order valence-electron chi connectivity index (χ1n) is 5.64. The number of nitriles is 1. The van der Waals surface area contributed by atoms with Crippen LogP contribution in [0.15, 0.2) is 48.5 Å². The molecule has 0 aliphatic carbocycles. The Labute approximate surface area is 107 Å². The van der Waals surface area contributed by atoms with Gasteiger partial charge >= 0.3 is 0 Å². The molecule has 0 radical (unpaired) electrons. The average molecular weight is 235 g/mol. The molecule has 2 aromatic rings. The molecule has 0 fully saturated rings. The Kier molecular flexibility index (Phi) is 3.78. The summed E-state index contributed by atoms with van der Waals surface area (Å²) in [6.45, 7) is 0. The van der Waals surface area contributed by atoms with Crippen LogP contribution in [0.5, 0.6) is 5.75 Å². The van der Waals surface area contributed by atoms with Crippen molar-refractivity contribution in [3.05, 3.63) is 65.2 Å². The van der Waals surface area contributed by atoms with Crippen molar-refractivity contribution in [3.8, 4) is 11.8 Å². The minimum absolute atomic E-state index is 0.675. The molecule has 0 saturated heterocycles. The lowest BCUT2D eigenvalue weighted by atomic mass is 10.1. The summed E-state index contributed by atoms with van der Waals surface area (Å²) in [7, 11) is 1.66. The first kappa shape index (κ1) is 11.9. The van der Waals surface area contributed by atoms with E-state index in [-0.39, 0.29) is 0 Å². The van der Waals surface area contributed by atoms with Gasteiger partial charge in [-0.1, -0.05) is 36.4 Å². The molecule has 0 atom stereocenters. The maximum Gasteiger partial charge on any atom is 0.119 e. The molecule has 2 heteroatoms. The molecule has 2 nitrogen and oxygen atoms in total. The highest BCUT2D eigenvalue weighted by Crippen LogP contribution is 2.15. The highest BCUT2D eigenvalue weighted by Gasteiger charge is 1.92. The molecule has 0 aromatic heterocycles. The lowest BCUT2D eigenvalue weighted by Crippen LogP contribution is -1.82. The fourth-order valence-corrected chi connectivity index (χ4v) is 1.61. The van der Waals surface area contributed by atoms with E-state index in [1.165, 1.54) is 0 Å². The van der Waals surface area contributed by atoms with E-state index in [2.05, 4.69) is 6.07 Å². The largest absolute Gasteiger partial charge is 0.497 e. The molecule has 0 heterocycles. The lowest BCUT2D eigenvalue weighted by Gasteiger charge is -2.00. The molecule has 0 unspecified atom stereocenters. The van der Waals surface area contributed by atoms with Crippen molar-refractivity contribution in [1.82, 2.24) is 0 Å². The molecule has 88 valence electrons. The minimum Gasteiger partial charge on any atom is -0.497 e. The third kappa shape index (κ3) is 2.99. The molecule has 2 rings (SSSR count). The van der Waals surface area contributed by atoms with Crippen molar-refractivity contribution in [3.63, 3.8) is 0 Å². The van der Waals surface area contributed by atoms with Gasteiger partial charge in [0.2, 0.25) is 0 Å². The molecule has 18 heavy (non-hydrogen) atoms. The van der Waals surface area contributed by atoms with Crippen LogP contribution in [0.2, 0.25) is 0 Å². The Morgan fingerprint density at radius 1 is 1.00 bits per heavy atom. The Hall–Kier alpha value is -2.53. The van der Waals surface area contributed by atoms with Crippen LogP contribution in [-0.2, 0) is 0 Å². The van der Waals surface area contributed by atoms with Crippen molar-refractivity contribution >= 4 is 12.2 Å². The van der Waals surface area contributed by atoms with Crippen LogP contribution in [0.4, 0.5) is 0 Å². The van der Waals surface area contributed by atoms with Crippen molar-refractivity contribution < 1.29 is 4.74 Å². The van der Waals surface area contributed by atoms with Crippen LogP contribution >= 0.6 is 0 Å². The van der Waals surface area contributed by atoms with Crippen LogP contribution in [0.1, 0.15) is 16.7 Å². The summed E-state index contributed by atoms with van der Waals surface area (Å²) in [4.78, 5) is 0. The Morgan fingerprint density at radius 2 is 1.72 bits per heavy atom. The highest BCUT2D eigenvalue weighted by molar-refractivity contribution is 5.70. The van der Waals surface area contributed by atoms with Crippen molar-refractivity contribution in [2.45, 2.75) is 0 Å². The van der Waals surface area contributed by atoms with E-state index in [1.54, 1.807) is 7.11 Å². The summed E-state index contributed by atoms with van der Waals surface area (Å²) < 4.78 is 5.17. The van der Waals surface area contributed by atoms with Gasteiger partial charge in [-0.15, -0.1) is 0 Å². The summed E-state index contributed by atoms with van der Waals surface area (Å²) in [5, 5.41) is 8.71. The van der Waals surface area contributed by atoms with E-state index < -0.39 is 0 Å². The number of methoxy groups -OCH3 is 1. The van der Waals surface area contributed by atoms with Gasteiger partial charge in [0.05, 0.1) is 18.7 Å². The zero-order valence-corrected chi connectivity index (χ0v) is 10.1. The molecule has 0 aliphatic heterocycles. The second-order valence-corrected chi connectivity index (χ2v) is 3.84. The fraction of sp³-hybridized carbons (Fsp3) is 0.0625. The van der Waals surface area contributed by atoms with E-state index in [4.69, 9.17) is 10.00 Å². The van der Waals surface area contributed by atoms with E-state index in [9.17, 15) is 0 Å². The van der Waals surface area contributed by atoms with Gasteiger partial charge in [0.1, 0.15) is 5.75 Å². The maximum atomic E-state index is 8.71. The zero-order valence-electron chi connectivity index (χ0n) is 10.1. The molecular weight excluding hydrogens is 222 g/mol. The molecule has 2 aromatic carbocycles. The van der Waals surface area contributed by atoms with Gasteiger partial charge in [-0.25, -0.2) is 0 Å². The third-order valence-corrected chi connectivity index (χ3v) is 2.60. The smallest absolute Gasteiger partial charge is 0.119 e. The summed E-state index contributed by atoms with van der Waals surface area (Å²) in [5.41, 5.74) is 2.82. The van der Waals surface area contributed by atoms with E-state index in [1.807, 2.05) is 60.7 Å². The van der Waals surface area contributed by atoms with Crippen LogP contribution in [-0.4, -0.2) is 7.11 Å². The SMILES string of the molecule is COc1cccc(/C=C/c2ccc(C#N)cc2)c1. The van der Waals surface area contributed by atoms with Crippen LogP contribution in [0.25, 0.3) is 12.2 Å². The Morgan fingerprint density at radius 3 is 2.39 bits per heavy atom.